The third kappa shape index (κ3) is 3.91. The first kappa shape index (κ1) is 20.8. The quantitative estimate of drug-likeness (QED) is 0.629. The summed E-state index contributed by atoms with van der Waals surface area (Å²) in [6.45, 7) is 6.91. The van der Waals surface area contributed by atoms with Gasteiger partial charge in [-0.15, -0.1) is 11.3 Å². The van der Waals surface area contributed by atoms with Crippen molar-refractivity contribution in [3.8, 4) is 0 Å². The predicted octanol–water partition coefficient (Wildman–Crippen LogP) is 3.52. The molecule has 2 aromatic heterocycles. The van der Waals surface area contributed by atoms with Gasteiger partial charge in [-0.25, -0.2) is 4.98 Å². The Morgan fingerprint density at radius 3 is 2.60 bits per heavy atom. The highest BCUT2D eigenvalue weighted by Gasteiger charge is 2.30. The fraction of sp³-hybridized carbons (Fsp3) is 0.435. The average molecular weight is 425 g/mol. The number of benzene rings is 1. The van der Waals surface area contributed by atoms with Crippen molar-refractivity contribution in [1.29, 1.82) is 0 Å². The number of nitrogens with zero attached hydrogens (tertiary/aromatic N) is 4. The number of thiophene rings is 1. The van der Waals surface area contributed by atoms with Crippen molar-refractivity contribution in [3.63, 3.8) is 0 Å². The van der Waals surface area contributed by atoms with E-state index in [1.54, 1.807) is 10.9 Å². The Balaban J connectivity index is 1.73. The maximum atomic E-state index is 13.8. The smallest absolute Gasteiger partial charge is 0.264 e. The molecule has 1 aromatic carbocycles. The Hall–Kier alpha value is -2.51. The van der Waals surface area contributed by atoms with Crippen molar-refractivity contribution >= 4 is 27.5 Å². The van der Waals surface area contributed by atoms with Crippen molar-refractivity contribution in [3.05, 3.63) is 63.0 Å². The lowest BCUT2D eigenvalue weighted by atomic mass is 10.0. The number of fused-ring (bicyclic) bond motifs is 1. The predicted molar refractivity (Wildman–Crippen MR) is 121 cm³/mol. The molecule has 0 aliphatic carbocycles. The van der Waals surface area contributed by atoms with Crippen LogP contribution < -0.4 is 5.56 Å². The monoisotopic (exact) mass is 424 g/mol. The lowest BCUT2D eigenvalue weighted by Crippen LogP contribution is -2.46. The van der Waals surface area contributed by atoms with E-state index in [2.05, 4.69) is 29.1 Å². The molecule has 158 valence electrons. The first-order valence-corrected chi connectivity index (χ1v) is 11.3. The summed E-state index contributed by atoms with van der Waals surface area (Å²) >= 11 is 1.34. The zero-order chi connectivity index (χ0) is 21.3. The number of likely N-dealkylation sites (tertiary alicyclic amines) is 1. The van der Waals surface area contributed by atoms with Gasteiger partial charge in [-0.05, 0) is 58.0 Å². The molecule has 7 heteroatoms. The molecule has 6 nitrogen and oxygen atoms in total. The first-order chi connectivity index (χ1) is 14.5. The number of hydrogen-bond acceptors (Lipinski definition) is 5. The molecular formula is C23H28N4O2S. The minimum absolute atomic E-state index is 0.0105. The topological polar surface area (TPSA) is 58.4 Å². The molecule has 4 rings (SSSR count). The molecule has 1 aliphatic rings. The molecule has 0 saturated carbocycles. The zero-order valence-electron chi connectivity index (χ0n) is 17.8. The molecule has 0 spiro atoms. The molecule has 0 bridgehead atoms. The van der Waals surface area contributed by atoms with Gasteiger partial charge in [0, 0.05) is 19.1 Å². The molecular weight excluding hydrogens is 396 g/mol. The van der Waals surface area contributed by atoms with E-state index in [1.165, 1.54) is 11.3 Å². The van der Waals surface area contributed by atoms with Crippen molar-refractivity contribution in [2.24, 2.45) is 0 Å². The van der Waals surface area contributed by atoms with E-state index in [0.717, 1.165) is 37.1 Å². The highest BCUT2D eigenvalue weighted by atomic mass is 32.1. The van der Waals surface area contributed by atoms with Crippen molar-refractivity contribution < 1.29 is 4.79 Å². The summed E-state index contributed by atoms with van der Waals surface area (Å²) in [4.78, 5) is 36.6. The lowest BCUT2D eigenvalue weighted by molar-refractivity contribution is 0.0574. The van der Waals surface area contributed by atoms with Crippen LogP contribution in [0.1, 0.15) is 40.6 Å². The molecule has 1 aliphatic heterocycles. The average Bonchev–Trinajstić information content (AvgIpc) is 3.10. The van der Waals surface area contributed by atoms with E-state index in [9.17, 15) is 9.59 Å². The van der Waals surface area contributed by atoms with Crippen LogP contribution in [-0.4, -0.2) is 51.4 Å². The Bertz CT molecular complexity index is 1100. The second-order valence-corrected chi connectivity index (χ2v) is 9.02. The first-order valence-electron chi connectivity index (χ1n) is 10.5. The summed E-state index contributed by atoms with van der Waals surface area (Å²) < 4.78 is 1.59. The van der Waals surface area contributed by atoms with Crippen LogP contribution >= 0.6 is 11.3 Å². The number of carbonyl (C=O) groups is 1. The van der Waals surface area contributed by atoms with E-state index in [1.807, 2.05) is 36.9 Å². The van der Waals surface area contributed by atoms with Crippen LogP contribution in [0.4, 0.5) is 0 Å². The van der Waals surface area contributed by atoms with Gasteiger partial charge >= 0.3 is 0 Å². The third-order valence-corrected chi connectivity index (χ3v) is 7.23. The van der Waals surface area contributed by atoms with Crippen LogP contribution in [0.25, 0.3) is 10.2 Å². The lowest BCUT2D eigenvalue weighted by Gasteiger charge is -2.37. The second kappa shape index (κ2) is 8.70. The number of aryl methyl sites for hydroxylation is 2. The number of aromatic nitrogens is 2. The largest absolute Gasteiger partial charge is 0.331 e. The van der Waals surface area contributed by atoms with Crippen LogP contribution in [-0.2, 0) is 13.1 Å². The highest BCUT2D eigenvalue weighted by molar-refractivity contribution is 7.20. The van der Waals surface area contributed by atoms with Crippen LogP contribution in [0.15, 0.2) is 41.5 Å². The summed E-state index contributed by atoms with van der Waals surface area (Å²) in [6, 6.07) is 10.3. The Morgan fingerprint density at radius 1 is 1.23 bits per heavy atom. The van der Waals surface area contributed by atoms with Gasteiger partial charge in [-0.2, -0.15) is 0 Å². The second-order valence-electron chi connectivity index (χ2n) is 8.03. The number of carbonyl (C=O) groups excluding carboxylic acids is 1. The molecule has 0 radical (unpaired) electrons. The molecule has 0 unspecified atom stereocenters. The number of rotatable bonds is 5. The normalized spacial score (nSPS) is 15.6. The van der Waals surface area contributed by atoms with Gasteiger partial charge in [-0.3, -0.25) is 14.2 Å². The molecule has 3 heterocycles. The van der Waals surface area contributed by atoms with Crippen LogP contribution in [0.5, 0.6) is 0 Å². The number of hydrogen-bond donors (Lipinski definition) is 0. The summed E-state index contributed by atoms with van der Waals surface area (Å²) in [7, 11) is 2.13. The molecule has 3 aromatic rings. The van der Waals surface area contributed by atoms with E-state index in [-0.39, 0.29) is 17.5 Å². The zero-order valence-corrected chi connectivity index (χ0v) is 18.6. The van der Waals surface area contributed by atoms with Crippen molar-refractivity contribution in [1.82, 2.24) is 19.4 Å². The van der Waals surface area contributed by atoms with E-state index in [0.29, 0.717) is 28.2 Å². The van der Waals surface area contributed by atoms with Gasteiger partial charge in [0.2, 0.25) is 0 Å². The van der Waals surface area contributed by atoms with E-state index in [4.69, 9.17) is 0 Å². The fourth-order valence-electron chi connectivity index (χ4n) is 4.17. The van der Waals surface area contributed by atoms with Crippen LogP contribution in [0.2, 0.25) is 0 Å². The minimum atomic E-state index is -0.0656. The summed E-state index contributed by atoms with van der Waals surface area (Å²) in [6.07, 6.45) is 3.49. The molecule has 30 heavy (non-hydrogen) atoms. The molecule has 0 N–H and O–H groups in total. The standard InChI is InChI=1S/C23H28N4O2S/c1-4-26-15-24-21-19(22(26)28)16(2)20(30-21)23(29)27(14-17-8-6-5-7-9-17)18-10-12-25(3)13-11-18/h5-9,15,18H,4,10-14H2,1-3H3. The highest BCUT2D eigenvalue weighted by Crippen LogP contribution is 2.30. The molecule has 0 atom stereocenters. The van der Waals surface area contributed by atoms with E-state index < -0.39 is 0 Å². The Kier molecular flexibility index (Phi) is 6.01. The van der Waals surface area contributed by atoms with E-state index >= 15 is 0 Å². The Labute approximate surface area is 180 Å². The summed E-state index contributed by atoms with van der Waals surface area (Å²) in [5.41, 5.74) is 1.81. The molecule has 1 saturated heterocycles. The van der Waals surface area contributed by atoms with Crippen molar-refractivity contribution in [2.45, 2.75) is 45.8 Å². The summed E-state index contributed by atoms with van der Waals surface area (Å²) in [5, 5.41) is 0.579. The number of amides is 1. The van der Waals surface area contributed by atoms with Gasteiger partial charge in [0.1, 0.15) is 4.83 Å². The van der Waals surface area contributed by atoms with Gasteiger partial charge in [0.25, 0.3) is 11.5 Å². The SMILES string of the molecule is CCn1cnc2sc(C(=O)N(Cc3ccccc3)C3CCN(C)CC3)c(C)c2c1=O. The van der Waals surface area contributed by atoms with Gasteiger partial charge in [-0.1, -0.05) is 30.3 Å². The van der Waals surface area contributed by atoms with Crippen molar-refractivity contribution in [2.75, 3.05) is 20.1 Å². The maximum absolute atomic E-state index is 13.8. The molecule has 1 fully saturated rings. The Morgan fingerprint density at radius 2 is 1.93 bits per heavy atom. The van der Waals surface area contributed by atoms with Gasteiger partial charge in [0.15, 0.2) is 0 Å². The fourth-order valence-corrected chi connectivity index (χ4v) is 5.27. The minimum Gasteiger partial charge on any atom is -0.331 e. The van der Waals surface area contributed by atoms with Crippen LogP contribution in [0, 0.1) is 6.92 Å². The summed E-state index contributed by atoms with van der Waals surface area (Å²) in [5.74, 6) is 0.0105. The van der Waals surface area contributed by atoms with Gasteiger partial charge < -0.3 is 9.80 Å². The van der Waals surface area contributed by atoms with Crippen LogP contribution in [0.3, 0.4) is 0 Å². The third-order valence-electron chi connectivity index (χ3n) is 6.04. The van der Waals surface area contributed by atoms with Gasteiger partial charge in [0.05, 0.1) is 16.6 Å². The molecule has 1 amide bonds. The number of piperidine rings is 1. The maximum Gasteiger partial charge on any atom is 0.264 e.